The first-order valence-corrected chi connectivity index (χ1v) is 9.18. The maximum Gasteiger partial charge on any atom is 0.238 e. The number of hydrogen-bond donors (Lipinski definition) is 2. The zero-order chi connectivity index (χ0) is 18.2. The van der Waals surface area contributed by atoms with Gasteiger partial charge in [-0.1, -0.05) is 48.5 Å². The number of hydrogen-bond acceptors (Lipinski definition) is 4. The maximum absolute atomic E-state index is 11.3. The second-order valence-electron chi connectivity index (χ2n) is 6.77. The standard InChI is InChI=1S/C21H27N3O2/c22-23-21(25)15-19-7-3-17(4-8-19)1-2-18-5-9-20(10-6-18)16-24-11-13-26-14-12-24/h3-10H,1-2,11-16,22H2,(H,23,25). The van der Waals surface area contributed by atoms with Gasteiger partial charge in [0.15, 0.2) is 0 Å². The van der Waals surface area contributed by atoms with Crippen molar-refractivity contribution in [1.29, 1.82) is 0 Å². The second-order valence-corrected chi connectivity index (χ2v) is 6.77. The Kier molecular flexibility index (Phi) is 6.77. The van der Waals surface area contributed by atoms with E-state index in [1.807, 2.05) is 12.1 Å². The van der Waals surface area contributed by atoms with Crippen LogP contribution in [0, 0.1) is 0 Å². The van der Waals surface area contributed by atoms with E-state index < -0.39 is 0 Å². The van der Waals surface area contributed by atoms with E-state index >= 15 is 0 Å². The Hall–Kier alpha value is -2.21. The zero-order valence-electron chi connectivity index (χ0n) is 15.1. The monoisotopic (exact) mass is 353 g/mol. The highest BCUT2D eigenvalue weighted by molar-refractivity contribution is 5.77. The molecule has 0 spiro atoms. The quantitative estimate of drug-likeness (QED) is 0.453. The lowest BCUT2D eigenvalue weighted by Crippen LogP contribution is -2.35. The highest BCUT2D eigenvalue weighted by Gasteiger charge is 2.10. The van der Waals surface area contributed by atoms with Crippen molar-refractivity contribution in [3.8, 4) is 0 Å². The molecule has 3 N–H and O–H groups in total. The van der Waals surface area contributed by atoms with Crippen molar-refractivity contribution in [2.45, 2.75) is 25.8 Å². The number of morpholine rings is 1. The highest BCUT2D eigenvalue weighted by atomic mass is 16.5. The van der Waals surface area contributed by atoms with Gasteiger partial charge in [0.05, 0.1) is 19.6 Å². The Morgan fingerprint density at radius 1 is 0.885 bits per heavy atom. The second kappa shape index (κ2) is 9.48. The van der Waals surface area contributed by atoms with E-state index in [1.54, 1.807) is 0 Å². The summed E-state index contributed by atoms with van der Waals surface area (Å²) in [6, 6.07) is 17.1. The third-order valence-corrected chi connectivity index (χ3v) is 4.78. The number of amides is 1. The predicted octanol–water partition coefficient (Wildman–Crippen LogP) is 1.84. The van der Waals surface area contributed by atoms with Crippen LogP contribution in [0.15, 0.2) is 48.5 Å². The van der Waals surface area contributed by atoms with Crippen molar-refractivity contribution in [3.05, 3.63) is 70.8 Å². The molecular formula is C21H27N3O2. The van der Waals surface area contributed by atoms with Gasteiger partial charge >= 0.3 is 0 Å². The Bertz CT molecular complexity index is 692. The Morgan fingerprint density at radius 2 is 1.38 bits per heavy atom. The van der Waals surface area contributed by atoms with Crippen LogP contribution in [0.25, 0.3) is 0 Å². The number of nitrogens with one attached hydrogen (secondary N) is 1. The van der Waals surface area contributed by atoms with Gasteiger partial charge in [0.25, 0.3) is 0 Å². The number of hydrazine groups is 1. The maximum atomic E-state index is 11.3. The van der Waals surface area contributed by atoms with Crippen molar-refractivity contribution in [2.75, 3.05) is 26.3 Å². The van der Waals surface area contributed by atoms with Gasteiger partial charge in [-0.25, -0.2) is 5.84 Å². The third-order valence-electron chi connectivity index (χ3n) is 4.78. The number of rotatable bonds is 7. The van der Waals surface area contributed by atoms with Gasteiger partial charge in [0, 0.05) is 19.6 Å². The molecule has 0 radical (unpaired) electrons. The van der Waals surface area contributed by atoms with Gasteiger partial charge < -0.3 is 4.74 Å². The van der Waals surface area contributed by atoms with Gasteiger partial charge in [0.1, 0.15) is 0 Å². The molecule has 1 amide bonds. The van der Waals surface area contributed by atoms with Crippen molar-refractivity contribution >= 4 is 5.91 Å². The third kappa shape index (κ3) is 5.66. The Labute approximate surface area is 155 Å². The molecule has 0 atom stereocenters. The van der Waals surface area contributed by atoms with Crippen molar-refractivity contribution in [3.63, 3.8) is 0 Å². The van der Waals surface area contributed by atoms with Crippen molar-refractivity contribution in [1.82, 2.24) is 10.3 Å². The van der Waals surface area contributed by atoms with Crippen LogP contribution >= 0.6 is 0 Å². The van der Waals surface area contributed by atoms with Gasteiger partial charge in [-0.3, -0.25) is 15.1 Å². The van der Waals surface area contributed by atoms with Crippen molar-refractivity contribution < 1.29 is 9.53 Å². The topological polar surface area (TPSA) is 67.6 Å². The molecule has 1 saturated heterocycles. The smallest absolute Gasteiger partial charge is 0.238 e. The van der Waals surface area contributed by atoms with Crippen LogP contribution in [0.5, 0.6) is 0 Å². The number of carbonyl (C=O) groups is 1. The molecule has 1 aliphatic heterocycles. The van der Waals surface area contributed by atoms with E-state index in [0.29, 0.717) is 6.42 Å². The summed E-state index contributed by atoms with van der Waals surface area (Å²) < 4.78 is 5.40. The number of benzene rings is 2. The minimum absolute atomic E-state index is 0.171. The van der Waals surface area contributed by atoms with Gasteiger partial charge in [-0.05, 0) is 35.1 Å². The largest absolute Gasteiger partial charge is 0.379 e. The van der Waals surface area contributed by atoms with E-state index in [0.717, 1.165) is 51.3 Å². The number of carbonyl (C=O) groups excluding carboxylic acids is 1. The molecule has 3 rings (SSSR count). The minimum atomic E-state index is -0.171. The Morgan fingerprint density at radius 3 is 1.92 bits per heavy atom. The summed E-state index contributed by atoms with van der Waals surface area (Å²) in [5, 5.41) is 0. The summed E-state index contributed by atoms with van der Waals surface area (Å²) in [5.74, 6) is 4.95. The molecule has 2 aromatic carbocycles. The number of nitrogens with zero attached hydrogens (tertiary/aromatic N) is 1. The molecule has 1 heterocycles. The molecule has 0 aliphatic carbocycles. The van der Waals surface area contributed by atoms with Crippen LogP contribution < -0.4 is 11.3 Å². The fourth-order valence-electron chi connectivity index (χ4n) is 3.18. The molecule has 1 fully saturated rings. The van der Waals surface area contributed by atoms with Gasteiger partial charge in [-0.15, -0.1) is 0 Å². The summed E-state index contributed by atoms with van der Waals surface area (Å²) in [4.78, 5) is 13.7. The van der Waals surface area contributed by atoms with E-state index in [9.17, 15) is 4.79 Å². The normalized spacial score (nSPS) is 15.0. The number of aryl methyl sites for hydroxylation is 2. The molecule has 0 bridgehead atoms. The van der Waals surface area contributed by atoms with Crippen LogP contribution in [0.4, 0.5) is 0 Å². The lowest BCUT2D eigenvalue weighted by atomic mass is 10.0. The summed E-state index contributed by atoms with van der Waals surface area (Å²) in [6.45, 7) is 4.72. The first-order valence-electron chi connectivity index (χ1n) is 9.18. The minimum Gasteiger partial charge on any atom is -0.379 e. The molecule has 0 saturated carbocycles. The summed E-state index contributed by atoms with van der Waals surface area (Å²) in [6.07, 6.45) is 2.33. The average molecular weight is 353 g/mol. The first kappa shape index (κ1) is 18.6. The van der Waals surface area contributed by atoms with E-state index in [1.165, 1.54) is 16.7 Å². The number of ether oxygens (including phenoxy) is 1. The van der Waals surface area contributed by atoms with Crippen molar-refractivity contribution in [2.24, 2.45) is 5.84 Å². The lowest BCUT2D eigenvalue weighted by Gasteiger charge is -2.26. The molecular weight excluding hydrogens is 326 g/mol. The van der Waals surface area contributed by atoms with E-state index in [-0.39, 0.29) is 5.91 Å². The molecule has 0 aromatic heterocycles. The predicted molar refractivity (Wildman–Crippen MR) is 102 cm³/mol. The number of nitrogens with two attached hydrogens (primary N) is 1. The molecule has 138 valence electrons. The van der Waals surface area contributed by atoms with Gasteiger partial charge in [-0.2, -0.15) is 0 Å². The van der Waals surface area contributed by atoms with E-state index in [4.69, 9.17) is 10.6 Å². The summed E-state index contributed by atoms with van der Waals surface area (Å²) >= 11 is 0. The fourth-order valence-corrected chi connectivity index (χ4v) is 3.18. The SMILES string of the molecule is NNC(=O)Cc1ccc(CCc2ccc(CN3CCOCC3)cc2)cc1. The highest BCUT2D eigenvalue weighted by Crippen LogP contribution is 2.13. The molecule has 1 aliphatic rings. The molecule has 26 heavy (non-hydrogen) atoms. The molecule has 2 aromatic rings. The average Bonchev–Trinajstić information content (AvgIpc) is 2.69. The summed E-state index contributed by atoms with van der Waals surface area (Å²) in [7, 11) is 0. The molecule has 5 heteroatoms. The van der Waals surface area contributed by atoms with Gasteiger partial charge in [0.2, 0.25) is 5.91 Å². The zero-order valence-corrected chi connectivity index (χ0v) is 15.1. The molecule has 0 unspecified atom stereocenters. The fraction of sp³-hybridized carbons (Fsp3) is 0.381. The molecule has 5 nitrogen and oxygen atoms in total. The summed E-state index contributed by atoms with van der Waals surface area (Å²) in [5.41, 5.74) is 7.12. The van der Waals surface area contributed by atoms with Crippen LogP contribution in [0.2, 0.25) is 0 Å². The van der Waals surface area contributed by atoms with Crippen LogP contribution in [0.1, 0.15) is 22.3 Å². The van der Waals surface area contributed by atoms with Crippen LogP contribution in [-0.4, -0.2) is 37.1 Å². The van der Waals surface area contributed by atoms with E-state index in [2.05, 4.69) is 46.7 Å². The lowest BCUT2D eigenvalue weighted by molar-refractivity contribution is -0.120. The van der Waals surface area contributed by atoms with Crippen LogP contribution in [-0.2, 0) is 35.3 Å². The first-order chi connectivity index (χ1) is 12.7. The Balaban J connectivity index is 1.47. The van der Waals surface area contributed by atoms with Crippen LogP contribution in [0.3, 0.4) is 0 Å².